The van der Waals surface area contributed by atoms with Gasteiger partial charge in [-0.25, -0.2) is 13.6 Å². The third-order valence-electron chi connectivity index (χ3n) is 7.63. The Morgan fingerprint density at radius 1 is 1.10 bits per heavy atom. The van der Waals surface area contributed by atoms with Crippen LogP contribution in [0, 0.1) is 11.6 Å². The average molecular weight is 553 g/mol. The smallest absolute Gasteiger partial charge is 0.412 e. The quantitative estimate of drug-likeness (QED) is 0.387. The van der Waals surface area contributed by atoms with E-state index in [9.17, 15) is 18.8 Å². The van der Waals surface area contributed by atoms with Crippen molar-refractivity contribution in [3.63, 3.8) is 0 Å². The number of hydrogen-bond acceptors (Lipinski definition) is 6. The van der Waals surface area contributed by atoms with Gasteiger partial charge in [-0.1, -0.05) is 42.5 Å². The molecule has 0 N–H and O–H groups in total. The fourth-order valence-corrected chi connectivity index (χ4v) is 5.77. The number of carbonyl (C=O) groups excluding carboxylic acids is 2. The molecular formula is C29H30F2N4O5. The van der Waals surface area contributed by atoms with Gasteiger partial charge in [0.15, 0.2) is 17.3 Å². The highest BCUT2D eigenvalue weighted by Gasteiger charge is 2.48. The van der Waals surface area contributed by atoms with Gasteiger partial charge in [0, 0.05) is 31.1 Å². The first-order valence-electron chi connectivity index (χ1n) is 13.3. The number of rotatable bonds is 8. The second kappa shape index (κ2) is 11.4. The minimum Gasteiger partial charge on any atom is -0.451 e. The number of nitrogens with zero attached hydrogens (tertiary/aromatic N) is 4. The number of amides is 2. The molecule has 0 unspecified atom stereocenters. The molecule has 40 heavy (non-hydrogen) atoms. The predicted octanol–water partition coefficient (Wildman–Crippen LogP) is 4.33. The Balaban J connectivity index is 1.63. The van der Waals surface area contributed by atoms with E-state index in [1.165, 1.54) is 21.7 Å². The summed E-state index contributed by atoms with van der Waals surface area (Å²) in [6.45, 7) is 4.28. The third kappa shape index (κ3) is 4.80. The van der Waals surface area contributed by atoms with Crippen LogP contribution in [-0.2, 0) is 4.74 Å². The molecule has 0 aliphatic carbocycles. The Bertz CT molecular complexity index is 1460. The van der Waals surface area contributed by atoms with Gasteiger partial charge in [-0.3, -0.25) is 14.3 Å². The fourth-order valence-electron chi connectivity index (χ4n) is 5.77. The van der Waals surface area contributed by atoms with Gasteiger partial charge in [-0.15, -0.1) is 0 Å². The number of hydrogen-bond donors (Lipinski definition) is 0. The first kappa shape index (κ1) is 27.3. The Hall–Kier alpha value is -4.28. The van der Waals surface area contributed by atoms with E-state index >= 15 is 4.39 Å². The van der Waals surface area contributed by atoms with E-state index in [4.69, 9.17) is 9.47 Å². The minimum absolute atomic E-state index is 0.111. The molecule has 1 aromatic heterocycles. The molecule has 2 aromatic carbocycles. The standard InChI is InChI=1S/C29H30F2N4O5/c1-3-33(4-2)29(38)40-17-39-27-22(36)16-32-35-25(21-14-9-15-34(21)28(37)26(27)35)23(18-10-6-5-7-11-18)19-12-8-13-20(30)24(19)31/h5-8,10-13,16,21,23,25H,3-4,9,14-15,17H2,1-2H3/t21-,23-,25-/m1/s1. The summed E-state index contributed by atoms with van der Waals surface area (Å²) in [5.74, 6) is -3.49. The first-order valence-corrected chi connectivity index (χ1v) is 13.3. The van der Waals surface area contributed by atoms with E-state index in [0.29, 0.717) is 38.0 Å². The molecular weight excluding hydrogens is 522 g/mol. The molecule has 2 amide bonds. The van der Waals surface area contributed by atoms with E-state index in [0.717, 1.165) is 12.3 Å². The zero-order valence-electron chi connectivity index (χ0n) is 22.3. The zero-order chi connectivity index (χ0) is 28.4. The largest absolute Gasteiger partial charge is 0.451 e. The topological polar surface area (TPSA) is 94.0 Å². The van der Waals surface area contributed by atoms with Crippen molar-refractivity contribution in [3.05, 3.63) is 93.4 Å². The lowest BCUT2D eigenvalue weighted by Gasteiger charge is -2.42. The van der Waals surface area contributed by atoms with Crippen molar-refractivity contribution < 1.29 is 27.8 Å². The molecule has 5 rings (SSSR count). The Labute approximate surface area is 229 Å². The number of fused-ring (bicyclic) bond motifs is 2. The van der Waals surface area contributed by atoms with Crippen LogP contribution < -0.4 is 10.2 Å². The second-order valence-electron chi connectivity index (χ2n) is 9.71. The molecule has 1 fully saturated rings. The van der Waals surface area contributed by atoms with Crippen molar-refractivity contribution in [2.45, 2.75) is 44.7 Å². The van der Waals surface area contributed by atoms with Gasteiger partial charge in [0.25, 0.3) is 5.91 Å². The van der Waals surface area contributed by atoms with Gasteiger partial charge in [0.2, 0.25) is 18.0 Å². The molecule has 11 heteroatoms. The lowest BCUT2D eigenvalue weighted by atomic mass is 9.79. The molecule has 9 nitrogen and oxygen atoms in total. The number of benzene rings is 2. The highest BCUT2D eigenvalue weighted by Crippen LogP contribution is 2.46. The Morgan fingerprint density at radius 3 is 2.58 bits per heavy atom. The van der Waals surface area contributed by atoms with E-state index < -0.39 is 53.9 Å². The van der Waals surface area contributed by atoms with Gasteiger partial charge >= 0.3 is 6.09 Å². The molecule has 0 saturated carbocycles. The molecule has 210 valence electrons. The van der Waals surface area contributed by atoms with Crippen molar-refractivity contribution in [3.8, 4) is 5.75 Å². The predicted molar refractivity (Wildman–Crippen MR) is 141 cm³/mol. The van der Waals surface area contributed by atoms with Crippen LogP contribution in [0.25, 0.3) is 0 Å². The lowest BCUT2D eigenvalue weighted by Crippen LogP contribution is -2.51. The van der Waals surface area contributed by atoms with Crippen LogP contribution >= 0.6 is 0 Å². The number of carbonyl (C=O) groups is 2. The van der Waals surface area contributed by atoms with Crippen molar-refractivity contribution in [2.75, 3.05) is 26.4 Å². The zero-order valence-corrected chi connectivity index (χ0v) is 22.3. The van der Waals surface area contributed by atoms with Crippen molar-refractivity contribution in [1.82, 2.24) is 19.6 Å². The molecule has 0 radical (unpaired) electrons. The van der Waals surface area contributed by atoms with E-state index in [1.807, 2.05) is 18.2 Å². The second-order valence-corrected chi connectivity index (χ2v) is 9.71. The number of ether oxygens (including phenoxy) is 2. The van der Waals surface area contributed by atoms with Gasteiger partial charge in [0.05, 0.1) is 18.3 Å². The van der Waals surface area contributed by atoms with Crippen molar-refractivity contribution >= 4 is 12.0 Å². The van der Waals surface area contributed by atoms with Gasteiger partial charge in [-0.2, -0.15) is 5.10 Å². The minimum atomic E-state index is -0.986. The molecule has 3 atom stereocenters. The summed E-state index contributed by atoms with van der Waals surface area (Å²) in [6.07, 6.45) is 1.71. The average Bonchev–Trinajstić information content (AvgIpc) is 3.45. The molecule has 2 aliphatic rings. The molecule has 3 aromatic rings. The summed E-state index contributed by atoms with van der Waals surface area (Å²) in [6, 6.07) is 12.0. The molecule has 0 spiro atoms. The van der Waals surface area contributed by atoms with Crippen LogP contribution in [0.15, 0.2) is 59.5 Å². The first-order chi connectivity index (χ1) is 19.4. The van der Waals surface area contributed by atoms with Crippen LogP contribution in [0.5, 0.6) is 5.75 Å². The summed E-state index contributed by atoms with van der Waals surface area (Å²) in [7, 11) is 0. The third-order valence-corrected chi connectivity index (χ3v) is 7.63. The summed E-state index contributed by atoms with van der Waals surface area (Å²) < 4.78 is 42.1. The van der Waals surface area contributed by atoms with Crippen molar-refractivity contribution in [1.29, 1.82) is 0 Å². The molecule has 1 saturated heterocycles. The SMILES string of the molecule is CCN(CC)C(=O)OCOc1c2n(ncc1=O)[C@@H]([C@H](c1ccccc1)c1cccc(F)c1F)[C@H]1CCCN1C2=O. The van der Waals surface area contributed by atoms with Gasteiger partial charge < -0.3 is 19.3 Å². The maximum Gasteiger partial charge on any atom is 0.412 e. The number of aromatic nitrogens is 2. The van der Waals surface area contributed by atoms with E-state index in [2.05, 4.69) is 5.10 Å². The van der Waals surface area contributed by atoms with Crippen LogP contribution in [0.1, 0.15) is 60.3 Å². The van der Waals surface area contributed by atoms with Crippen LogP contribution in [0.2, 0.25) is 0 Å². The maximum absolute atomic E-state index is 15.4. The molecule has 2 aliphatic heterocycles. The van der Waals surface area contributed by atoms with Gasteiger partial charge in [0.1, 0.15) is 0 Å². The Morgan fingerprint density at radius 2 is 1.85 bits per heavy atom. The number of halogens is 2. The fraction of sp³-hybridized carbons (Fsp3) is 0.379. The lowest BCUT2D eigenvalue weighted by molar-refractivity contribution is 0.0323. The van der Waals surface area contributed by atoms with E-state index in [1.54, 1.807) is 30.9 Å². The van der Waals surface area contributed by atoms with E-state index in [-0.39, 0.29) is 17.0 Å². The van der Waals surface area contributed by atoms with Crippen molar-refractivity contribution in [2.24, 2.45) is 0 Å². The Kier molecular flexibility index (Phi) is 7.81. The summed E-state index contributed by atoms with van der Waals surface area (Å²) in [5.41, 5.74) is 0.0232. The van der Waals surface area contributed by atoms with Crippen LogP contribution in [0.3, 0.4) is 0 Å². The highest BCUT2D eigenvalue weighted by molar-refractivity contribution is 5.96. The summed E-state index contributed by atoms with van der Waals surface area (Å²) >= 11 is 0. The van der Waals surface area contributed by atoms with Crippen LogP contribution in [-0.4, -0.2) is 64.0 Å². The molecule has 0 bridgehead atoms. The van der Waals surface area contributed by atoms with Gasteiger partial charge in [-0.05, 0) is 38.3 Å². The highest BCUT2D eigenvalue weighted by atomic mass is 19.2. The summed E-state index contributed by atoms with van der Waals surface area (Å²) in [5, 5.41) is 4.34. The normalized spacial score (nSPS) is 18.6. The maximum atomic E-state index is 15.4. The monoisotopic (exact) mass is 552 g/mol. The van der Waals surface area contributed by atoms with Crippen LogP contribution in [0.4, 0.5) is 13.6 Å². The summed E-state index contributed by atoms with van der Waals surface area (Å²) in [4.78, 5) is 42.0. The molecule has 3 heterocycles.